The fourth-order valence-corrected chi connectivity index (χ4v) is 1.26. The van der Waals surface area contributed by atoms with Gasteiger partial charge in [0.15, 0.2) is 0 Å². The first-order chi connectivity index (χ1) is 5.02. The molecule has 7 heteroatoms. The van der Waals surface area contributed by atoms with Crippen molar-refractivity contribution >= 4 is 7.75 Å². The smallest absolute Gasteiger partial charge is 0.0562 e. The molecule has 0 amide bonds. The van der Waals surface area contributed by atoms with Gasteiger partial charge in [-0.1, -0.05) is 0 Å². The number of aliphatic hydroxyl groups is 2. The average Bonchev–Trinajstić information content (AvgIpc) is 1.85. The fraction of sp³-hybridized carbons (Fsp3) is 1.00. The second-order valence-electron chi connectivity index (χ2n) is 1.87. The molecule has 6 nitrogen and oxygen atoms in total. The van der Waals surface area contributed by atoms with Crippen molar-refractivity contribution < 1.29 is 24.6 Å². The van der Waals surface area contributed by atoms with Crippen molar-refractivity contribution in [2.75, 3.05) is 26.3 Å². The van der Waals surface area contributed by atoms with Crippen molar-refractivity contribution in [3.8, 4) is 0 Å². The van der Waals surface area contributed by atoms with Crippen LogP contribution in [0.4, 0.5) is 0 Å². The predicted octanol–water partition coefficient (Wildman–Crippen LogP) is -2.90. The minimum absolute atomic E-state index is 0.259. The van der Waals surface area contributed by atoms with E-state index in [1.807, 2.05) is 0 Å². The van der Waals surface area contributed by atoms with Crippen LogP contribution in [0, 0.1) is 0 Å². The minimum atomic E-state index is -4.80. The molecule has 11 heavy (non-hydrogen) atoms. The molecule has 0 unspecified atom stereocenters. The monoisotopic (exact) mass is 183 g/mol. The van der Waals surface area contributed by atoms with E-state index in [1.54, 1.807) is 0 Å². The molecule has 0 fully saturated rings. The van der Waals surface area contributed by atoms with E-state index in [4.69, 9.17) is 10.2 Å². The molecule has 0 aromatic rings. The number of hydrogen-bond donors (Lipinski definition) is 2. The molecule has 0 saturated carbocycles. The van der Waals surface area contributed by atoms with Gasteiger partial charge in [-0.3, -0.25) is 4.67 Å². The Morgan fingerprint density at radius 1 is 1.18 bits per heavy atom. The zero-order chi connectivity index (χ0) is 8.91. The lowest BCUT2D eigenvalue weighted by Gasteiger charge is -2.40. The van der Waals surface area contributed by atoms with E-state index >= 15 is 0 Å². The largest absolute Gasteiger partial charge is 0.799 e. The molecule has 68 valence electrons. The highest BCUT2D eigenvalue weighted by Crippen LogP contribution is 2.28. The van der Waals surface area contributed by atoms with Crippen LogP contribution in [-0.4, -0.2) is 41.2 Å². The van der Waals surface area contributed by atoms with Crippen LogP contribution in [0.1, 0.15) is 0 Å². The number of nitrogens with zero attached hydrogens (tertiary/aromatic N) is 1. The van der Waals surface area contributed by atoms with Gasteiger partial charge in [0.25, 0.3) is 0 Å². The molecule has 0 rings (SSSR count). The van der Waals surface area contributed by atoms with Crippen LogP contribution in [0.25, 0.3) is 0 Å². The Morgan fingerprint density at radius 2 is 1.55 bits per heavy atom. The molecular weight excluding hydrogens is 173 g/mol. The number of aliphatic hydroxyl groups excluding tert-OH is 2. The van der Waals surface area contributed by atoms with Crippen molar-refractivity contribution in [2.24, 2.45) is 0 Å². The molecule has 0 aromatic heterocycles. The van der Waals surface area contributed by atoms with Crippen LogP contribution in [0.3, 0.4) is 0 Å². The second-order valence-corrected chi connectivity index (χ2v) is 3.37. The van der Waals surface area contributed by atoms with E-state index in [2.05, 4.69) is 0 Å². The Labute approximate surface area is 64.3 Å². The molecule has 0 spiro atoms. The lowest BCUT2D eigenvalue weighted by molar-refractivity contribution is -0.329. The number of hydrogen-bond acceptors (Lipinski definition) is 5. The standard InChI is InChI=1S/C4H12NO5P/c6-3-1-5(2-4-7)11(8,9)10/h6-7H,1-4H2,(H2,8,9,10)/p-2. The molecule has 0 aliphatic heterocycles. The highest BCUT2D eigenvalue weighted by atomic mass is 31.2. The summed E-state index contributed by atoms with van der Waals surface area (Å²) in [7, 11) is -4.80. The van der Waals surface area contributed by atoms with E-state index in [9.17, 15) is 14.4 Å². The SMILES string of the molecule is O=P([O-])([O-])N(CCO)CCO. The predicted molar refractivity (Wildman–Crippen MR) is 33.4 cm³/mol. The van der Waals surface area contributed by atoms with Crippen molar-refractivity contribution in [3.05, 3.63) is 0 Å². The zero-order valence-electron chi connectivity index (χ0n) is 5.84. The molecule has 0 atom stereocenters. The summed E-state index contributed by atoms with van der Waals surface area (Å²) in [6.07, 6.45) is 0. The molecular formula is C4H10NO5P-2. The van der Waals surface area contributed by atoms with E-state index in [1.165, 1.54) is 0 Å². The van der Waals surface area contributed by atoms with Gasteiger partial charge in [-0.2, -0.15) is 0 Å². The normalized spacial score (nSPS) is 12.5. The van der Waals surface area contributed by atoms with E-state index in [0.717, 1.165) is 0 Å². The molecule has 0 bridgehead atoms. The molecule has 0 aromatic carbocycles. The van der Waals surface area contributed by atoms with Gasteiger partial charge in [-0.05, 0) is 0 Å². The Balaban J connectivity index is 3.99. The van der Waals surface area contributed by atoms with Crippen LogP contribution in [0.15, 0.2) is 0 Å². The maximum Gasteiger partial charge on any atom is 0.0562 e. The third-order valence-electron chi connectivity index (χ3n) is 1.06. The van der Waals surface area contributed by atoms with E-state index < -0.39 is 21.0 Å². The number of rotatable bonds is 5. The van der Waals surface area contributed by atoms with E-state index in [0.29, 0.717) is 4.67 Å². The van der Waals surface area contributed by atoms with Crippen LogP contribution < -0.4 is 9.79 Å². The van der Waals surface area contributed by atoms with Gasteiger partial charge >= 0.3 is 0 Å². The molecule has 0 radical (unpaired) electrons. The third kappa shape index (κ3) is 4.47. The Hall–Kier alpha value is 0.0300. The Bertz CT molecular complexity index is 139. The minimum Gasteiger partial charge on any atom is -0.799 e. The highest BCUT2D eigenvalue weighted by Gasteiger charge is 2.05. The van der Waals surface area contributed by atoms with Gasteiger partial charge in [0, 0.05) is 20.8 Å². The molecule has 0 aliphatic rings. The van der Waals surface area contributed by atoms with Crippen molar-refractivity contribution in [1.82, 2.24) is 4.67 Å². The topological polar surface area (TPSA) is 107 Å². The molecule has 0 heterocycles. The summed E-state index contributed by atoms with van der Waals surface area (Å²) in [5.74, 6) is 0. The summed E-state index contributed by atoms with van der Waals surface area (Å²) < 4.78 is 10.8. The summed E-state index contributed by atoms with van der Waals surface area (Å²) in [5, 5.41) is 16.6. The van der Waals surface area contributed by atoms with Crippen LogP contribution in [0.5, 0.6) is 0 Å². The summed E-state index contributed by atoms with van der Waals surface area (Å²) >= 11 is 0. The second kappa shape index (κ2) is 4.82. The summed E-state index contributed by atoms with van der Waals surface area (Å²) in [6, 6.07) is 0. The van der Waals surface area contributed by atoms with Crippen molar-refractivity contribution in [1.29, 1.82) is 0 Å². The van der Waals surface area contributed by atoms with Gasteiger partial charge < -0.3 is 24.6 Å². The van der Waals surface area contributed by atoms with Crippen molar-refractivity contribution in [3.63, 3.8) is 0 Å². The Kier molecular flexibility index (Phi) is 4.83. The first-order valence-corrected chi connectivity index (χ1v) is 4.51. The lowest BCUT2D eigenvalue weighted by atomic mass is 10.6. The zero-order valence-corrected chi connectivity index (χ0v) is 6.74. The van der Waals surface area contributed by atoms with Crippen LogP contribution in [-0.2, 0) is 4.57 Å². The maximum absolute atomic E-state index is 10.3. The average molecular weight is 183 g/mol. The van der Waals surface area contributed by atoms with E-state index in [-0.39, 0.29) is 13.1 Å². The van der Waals surface area contributed by atoms with Gasteiger partial charge in [0.05, 0.1) is 13.2 Å². The van der Waals surface area contributed by atoms with Crippen LogP contribution >= 0.6 is 7.75 Å². The first-order valence-electron chi connectivity index (χ1n) is 3.01. The van der Waals surface area contributed by atoms with Gasteiger partial charge in [0.1, 0.15) is 0 Å². The summed E-state index contributed by atoms with van der Waals surface area (Å²) in [6.45, 7) is -1.36. The molecule has 2 N–H and O–H groups in total. The van der Waals surface area contributed by atoms with Gasteiger partial charge in [-0.15, -0.1) is 0 Å². The van der Waals surface area contributed by atoms with Gasteiger partial charge in [0.2, 0.25) is 0 Å². The molecule has 0 aliphatic carbocycles. The third-order valence-corrected chi connectivity index (χ3v) is 2.16. The van der Waals surface area contributed by atoms with Crippen LogP contribution in [0.2, 0.25) is 0 Å². The summed E-state index contributed by atoms with van der Waals surface area (Å²) in [4.78, 5) is 20.6. The Morgan fingerprint density at radius 3 is 1.73 bits per heavy atom. The fourth-order valence-electron chi connectivity index (χ4n) is 0.588. The first kappa shape index (κ1) is 11.0. The highest BCUT2D eigenvalue weighted by molar-refractivity contribution is 7.46. The van der Waals surface area contributed by atoms with Crippen molar-refractivity contribution in [2.45, 2.75) is 0 Å². The lowest BCUT2D eigenvalue weighted by Crippen LogP contribution is -2.36. The quantitative estimate of drug-likeness (QED) is 0.443. The molecule has 0 saturated heterocycles. The maximum atomic E-state index is 10.3. The van der Waals surface area contributed by atoms with Gasteiger partial charge in [-0.25, -0.2) is 0 Å². The summed E-state index contributed by atoms with van der Waals surface area (Å²) in [5.41, 5.74) is 0.